The highest BCUT2D eigenvalue weighted by Gasteiger charge is 2.25. The number of nitrogen functional groups attached to an aromatic ring is 1. The summed E-state index contributed by atoms with van der Waals surface area (Å²) in [4.78, 5) is 13.7. The van der Waals surface area contributed by atoms with Crippen LogP contribution in [0.3, 0.4) is 0 Å². The first-order valence-electron chi connectivity index (χ1n) is 6.91. The molecular weight excluding hydrogens is 238 g/mol. The van der Waals surface area contributed by atoms with Crippen LogP contribution >= 0.6 is 0 Å². The molecule has 104 valence electrons. The highest BCUT2D eigenvalue weighted by Crippen LogP contribution is 2.34. The van der Waals surface area contributed by atoms with Gasteiger partial charge in [0.2, 0.25) is 0 Å². The minimum absolute atomic E-state index is 0.419. The Bertz CT molecular complexity index is 472. The summed E-state index contributed by atoms with van der Waals surface area (Å²) in [6.07, 6.45) is 4.81. The van der Waals surface area contributed by atoms with Crippen LogP contribution in [0.1, 0.15) is 43.0 Å². The van der Waals surface area contributed by atoms with E-state index in [9.17, 15) is 4.79 Å². The first-order valence-corrected chi connectivity index (χ1v) is 6.91. The Labute approximate surface area is 114 Å². The van der Waals surface area contributed by atoms with E-state index in [0.29, 0.717) is 17.3 Å². The maximum Gasteiger partial charge on any atom is 0.250 e. The van der Waals surface area contributed by atoms with Crippen LogP contribution in [0, 0.1) is 5.92 Å². The van der Waals surface area contributed by atoms with Gasteiger partial charge in [0, 0.05) is 13.1 Å². The van der Waals surface area contributed by atoms with Gasteiger partial charge in [0.25, 0.3) is 5.91 Å². The van der Waals surface area contributed by atoms with Gasteiger partial charge in [-0.1, -0.05) is 25.8 Å². The van der Waals surface area contributed by atoms with E-state index in [1.54, 1.807) is 12.1 Å². The van der Waals surface area contributed by atoms with E-state index in [2.05, 4.69) is 11.8 Å². The molecule has 4 N–H and O–H groups in total. The van der Waals surface area contributed by atoms with Crippen molar-refractivity contribution < 1.29 is 4.79 Å². The van der Waals surface area contributed by atoms with Gasteiger partial charge in [-0.3, -0.25) is 4.79 Å². The van der Waals surface area contributed by atoms with Gasteiger partial charge < -0.3 is 16.4 Å². The van der Waals surface area contributed by atoms with Gasteiger partial charge in [0.15, 0.2) is 0 Å². The Morgan fingerprint density at radius 3 is 2.74 bits per heavy atom. The van der Waals surface area contributed by atoms with Crippen molar-refractivity contribution in [2.24, 2.45) is 11.7 Å². The summed E-state index contributed by atoms with van der Waals surface area (Å²) < 4.78 is 0. The number of nitrogens with zero attached hydrogens (tertiary/aromatic N) is 1. The average Bonchev–Trinajstić information content (AvgIpc) is 2.37. The van der Waals surface area contributed by atoms with E-state index < -0.39 is 5.91 Å². The summed E-state index contributed by atoms with van der Waals surface area (Å²) in [6.45, 7) is 2.28. The number of hydrogen-bond donors (Lipinski definition) is 2. The second kappa shape index (κ2) is 5.51. The molecule has 1 aromatic carbocycles. The molecule has 19 heavy (non-hydrogen) atoms. The van der Waals surface area contributed by atoms with Gasteiger partial charge in [0.05, 0.1) is 16.9 Å². The molecule has 2 rings (SSSR count). The third-order valence-electron chi connectivity index (χ3n) is 4.14. The van der Waals surface area contributed by atoms with Crippen molar-refractivity contribution in [2.45, 2.75) is 38.6 Å². The van der Waals surface area contributed by atoms with E-state index in [1.807, 2.05) is 13.1 Å². The molecule has 2 atom stereocenters. The van der Waals surface area contributed by atoms with Gasteiger partial charge in [0.1, 0.15) is 0 Å². The maximum atomic E-state index is 11.6. The van der Waals surface area contributed by atoms with E-state index in [0.717, 1.165) is 24.4 Å². The van der Waals surface area contributed by atoms with Crippen LogP contribution in [0.25, 0.3) is 0 Å². The number of carbonyl (C=O) groups is 1. The number of anilines is 2. The minimum atomic E-state index is -0.419. The van der Waals surface area contributed by atoms with Crippen molar-refractivity contribution in [2.75, 3.05) is 17.7 Å². The number of rotatable bonds is 3. The summed E-state index contributed by atoms with van der Waals surface area (Å²) in [5.74, 6) is 0.307. The van der Waals surface area contributed by atoms with Crippen molar-refractivity contribution in [3.8, 4) is 0 Å². The summed E-state index contributed by atoms with van der Waals surface area (Å²) in [7, 11) is 2.01. The lowest BCUT2D eigenvalue weighted by Crippen LogP contribution is -2.37. The summed E-state index contributed by atoms with van der Waals surface area (Å²) in [5, 5.41) is 0. The number of amides is 1. The van der Waals surface area contributed by atoms with Gasteiger partial charge >= 0.3 is 0 Å². The molecule has 0 heterocycles. The van der Waals surface area contributed by atoms with Crippen LogP contribution in [0.4, 0.5) is 11.4 Å². The summed E-state index contributed by atoms with van der Waals surface area (Å²) in [5.41, 5.74) is 13.4. The highest BCUT2D eigenvalue weighted by atomic mass is 16.1. The normalized spacial score (nSPS) is 23.1. The topological polar surface area (TPSA) is 72.3 Å². The van der Waals surface area contributed by atoms with Crippen LogP contribution < -0.4 is 16.4 Å². The monoisotopic (exact) mass is 261 g/mol. The van der Waals surface area contributed by atoms with Crippen LogP contribution in [0.5, 0.6) is 0 Å². The van der Waals surface area contributed by atoms with Crippen LogP contribution in [0.15, 0.2) is 18.2 Å². The number of primary amides is 1. The zero-order valence-corrected chi connectivity index (χ0v) is 11.7. The molecule has 0 spiro atoms. The smallest absolute Gasteiger partial charge is 0.250 e. The standard InChI is InChI=1S/C15H23N3O/c1-10-5-3-6-11(9-10)18(2)14-12(15(17)19)7-4-8-13(14)16/h4,7-8,10-11H,3,5-6,9,16H2,1-2H3,(H2,17,19). The summed E-state index contributed by atoms with van der Waals surface area (Å²) >= 11 is 0. The molecule has 1 aliphatic rings. The van der Waals surface area contributed by atoms with Gasteiger partial charge in [-0.25, -0.2) is 0 Å². The van der Waals surface area contributed by atoms with Gasteiger partial charge in [-0.05, 0) is 30.9 Å². The Kier molecular flexibility index (Phi) is 3.98. The van der Waals surface area contributed by atoms with Crippen molar-refractivity contribution >= 4 is 17.3 Å². The zero-order chi connectivity index (χ0) is 14.0. The molecule has 0 bridgehead atoms. The number of para-hydroxylation sites is 1. The number of benzene rings is 1. The molecule has 1 saturated carbocycles. The summed E-state index contributed by atoms with van der Waals surface area (Å²) in [6, 6.07) is 5.78. The SMILES string of the molecule is CC1CCCC(N(C)c2c(N)cccc2C(N)=O)C1. The van der Waals surface area contributed by atoms with Gasteiger partial charge in [-0.2, -0.15) is 0 Å². The Hall–Kier alpha value is -1.71. The number of hydrogen-bond acceptors (Lipinski definition) is 3. The molecule has 1 aromatic rings. The fraction of sp³-hybridized carbons (Fsp3) is 0.533. The molecule has 4 nitrogen and oxygen atoms in total. The fourth-order valence-corrected chi connectivity index (χ4v) is 3.09. The van der Waals surface area contributed by atoms with Gasteiger partial charge in [-0.15, -0.1) is 0 Å². The number of nitrogens with two attached hydrogens (primary N) is 2. The predicted octanol–water partition coefficient (Wildman–Crippen LogP) is 2.38. The molecule has 4 heteroatoms. The third kappa shape index (κ3) is 2.83. The Morgan fingerprint density at radius 2 is 2.11 bits per heavy atom. The van der Waals surface area contributed by atoms with E-state index in [1.165, 1.54) is 12.8 Å². The van der Waals surface area contributed by atoms with Crippen molar-refractivity contribution in [3.05, 3.63) is 23.8 Å². The van der Waals surface area contributed by atoms with Crippen LogP contribution in [0.2, 0.25) is 0 Å². The third-order valence-corrected chi connectivity index (χ3v) is 4.14. The molecule has 0 aliphatic heterocycles. The molecule has 2 unspecified atom stereocenters. The highest BCUT2D eigenvalue weighted by molar-refractivity contribution is 6.01. The van der Waals surface area contributed by atoms with Crippen LogP contribution in [-0.4, -0.2) is 19.0 Å². The lowest BCUT2D eigenvalue weighted by molar-refractivity contribution is 0.100. The van der Waals surface area contributed by atoms with Crippen LogP contribution in [-0.2, 0) is 0 Å². The maximum absolute atomic E-state index is 11.6. The number of carbonyl (C=O) groups excluding carboxylic acids is 1. The lowest BCUT2D eigenvalue weighted by Gasteiger charge is -2.36. The van der Waals surface area contributed by atoms with Crippen molar-refractivity contribution in [3.63, 3.8) is 0 Å². The quantitative estimate of drug-likeness (QED) is 0.820. The molecule has 0 saturated heterocycles. The first kappa shape index (κ1) is 13.7. The Morgan fingerprint density at radius 1 is 1.37 bits per heavy atom. The Balaban J connectivity index is 2.32. The molecular formula is C15H23N3O. The second-order valence-electron chi connectivity index (χ2n) is 5.64. The molecule has 0 radical (unpaired) electrons. The lowest BCUT2D eigenvalue weighted by atomic mass is 9.86. The molecule has 1 fully saturated rings. The minimum Gasteiger partial charge on any atom is -0.397 e. The van der Waals surface area contributed by atoms with Crippen molar-refractivity contribution in [1.82, 2.24) is 0 Å². The molecule has 1 amide bonds. The van der Waals surface area contributed by atoms with E-state index in [4.69, 9.17) is 11.5 Å². The molecule has 0 aromatic heterocycles. The average molecular weight is 261 g/mol. The van der Waals surface area contributed by atoms with Crippen molar-refractivity contribution in [1.29, 1.82) is 0 Å². The first-order chi connectivity index (χ1) is 9.00. The van der Waals surface area contributed by atoms with E-state index >= 15 is 0 Å². The fourth-order valence-electron chi connectivity index (χ4n) is 3.09. The predicted molar refractivity (Wildman–Crippen MR) is 79.2 cm³/mol. The van der Waals surface area contributed by atoms with E-state index in [-0.39, 0.29) is 0 Å². The zero-order valence-electron chi connectivity index (χ0n) is 11.7. The second-order valence-corrected chi connectivity index (χ2v) is 5.64. The largest absolute Gasteiger partial charge is 0.397 e. The molecule has 1 aliphatic carbocycles.